The van der Waals surface area contributed by atoms with Crippen LogP contribution in [-0.2, 0) is 14.4 Å². The van der Waals surface area contributed by atoms with Crippen LogP contribution in [0.25, 0.3) is 0 Å². The molecule has 1 heterocycles. The van der Waals surface area contributed by atoms with Crippen molar-refractivity contribution < 1.29 is 19.5 Å². The van der Waals surface area contributed by atoms with E-state index in [1.807, 2.05) is 55.5 Å². The van der Waals surface area contributed by atoms with Gasteiger partial charge in [0, 0.05) is 11.8 Å². The van der Waals surface area contributed by atoms with Crippen LogP contribution >= 0.6 is 0 Å². The number of amides is 2. The third-order valence-electron chi connectivity index (χ3n) is 6.91. The highest BCUT2D eigenvalue weighted by Crippen LogP contribution is 2.61. The molecule has 0 unspecified atom stereocenters. The van der Waals surface area contributed by atoms with Crippen LogP contribution in [0.5, 0.6) is 0 Å². The number of imide groups is 1. The maximum absolute atomic E-state index is 13.5. The first-order valence-corrected chi connectivity index (χ1v) is 10.3. The molecular weight excluding hydrogens is 366 g/mol. The number of aliphatic carboxylic acids is 1. The van der Waals surface area contributed by atoms with E-state index in [0.717, 1.165) is 33.6 Å². The van der Waals surface area contributed by atoms with Crippen LogP contribution in [0.2, 0.25) is 0 Å². The first-order chi connectivity index (χ1) is 14.1. The second-order valence-electron chi connectivity index (χ2n) is 8.31. The van der Waals surface area contributed by atoms with Gasteiger partial charge in [-0.2, -0.15) is 0 Å². The molecule has 0 saturated carbocycles. The summed E-state index contributed by atoms with van der Waals surface area (Å²) in [5.74, 6) is -3.15. The van der Waals surface area contributed by atoms with Crippen LogP contribution in [0.4, 0.5) is 0 Å². The van der Waals surface area contributed by atoms with Crippen LogP contribution < -0.4 is 0 Å². The van der Waals surface area contributed by atoms with Gasteiger partial charge < -0.3 is 5.11 Å². The third-order valence-corrected chi connectivity index (χ3v) is 6.91. The van der Waals surface area contributed by atoms with Gasteiger partial charge in [-0.3, -0.25) is 14.5 Å². The second-order valence-corrected chi connectivity index (χ2v) is 8.31. The number of carbonyl (C=O) groups is 3. The highest BCUT2D eigenvalue weighted by Gasteiger charge is 2.62. The molecule has 0 aromatic heterocycles. The minimum absolute atomic E-state index is 0.195. The standard InChI is InChI=1S/C24H23NO4/c1-2-3-12-17(24(28)29)25-22(26)20-18-13-8-4-5-9-14(13)19(21(20)23(25)27)16-11-7-6-10-15(16)18/h4-11,17-21H,2-3,12H2,1H3,(H,28,29)/t17-,18?,19?,20+,21+/m1/s1. The average Bonchev–Trinajstić information content (AvgIpc) is 3.00. The van der Waals surface area contributed by atoms with Crippen LogP contribution in [0.15, 0.2) is 48.5 Å². The van der Waals surface area contributed by atoms with Crippen LogP contribution in [0.1, 0.15) is 60.3 Å². The number of rotatable bonds is 5. The largest absolute Gasteiger partial charge is 0.480 e. The van der Waals surface area contributed by atoms with Gasteiger partial charge in [0.2, 0.25) is 11.8 Å². The smallest absolute Gasteiger partial charge is 0.326 e. The number of carbonyl (C=O) groups excluding carboxylic acids is 2. The molecule has 148 valence electrons. The van der Waals surface area contributed by atoms with Crippen molar-refractivity contribution in [2.24, 2.45) is 11.8 Å². The predicted molar refractivity (Wildman–Crippen MR) is 106 cm³/mol. The van der Waals surface area contributed by atoms with Crippen molar-refractivity contribution in [3.8, 4) is 0 Å². The SMILES string of the molecule is CCCC[C@H](C(=O)O)N1C(=O)[C@H]2C3c4ccccc4C(c4ccccc43)[C@@H]2C1=O. The number of unbranched alkanes of at least 4 members (excludes halogenated alkanes) is 1. The molecule has 2 aromatic rings. The van der Waals surface area contributed by atoms with E-state index in [2.05, 4.69) is 0 Å². The Morgan fingerprint density at radius 2 is 1.31 bits per heavy atom. The molecular formula is C24H23NO4. The highest BCUT2D eigenvalue weighted by atomic mass is 16.4. The summed E-state index contributed by atoms with van der Waals surface area (Å²) in [5.41, 5.74) is 4.39. The lowest BCUT2D eigenvalue weighted by atomic mass is 9.55. The van der Waals surface area contributed by atoms with Crippen molar-refractivity contribution in [1.29, 1.82) is 0 Å². The molecule has 5 nitrogen and oxygen atoms in total. The van der Waals surface area contributed by atoms with Crippen molar-refractivity contribution in [2.75, 3.05) is 0 Å². The number of benzene rings is 2. The normalized spacial score (nSPS) is 27.4. The maximum atomic E-state index is 13.5. The monoisotopic (exact) mass is 389 g/mol. The summed E-state index contributed by atoms with van der Waals surface area (Å²) < 4.78 is 0. The van der Waals surface area contributed by atoms with Gasteiger partial charge in [0.15, 0.2) is 0 Å². The number of nitrogens with zero attached hydrogens (tertiary/aromatic N) is 1. The van der Waals surface area contributed by atoms with Gasteiger partial charge in [-0.05, 0) is 28.7 Å². The van der Waals surface area contributed by atoms with Gasteiger partial charge in [0.1, 0.15) is 6.04 Å². The summed E-state index contributed by atoms with van der Waals surface area (Å²) in [7, 11) is 0. The van der Waals surface area contributed by atoms with E-state index in [9.17, 15) is 19.5 Å². The lowest BCUT2D eigenvalue weighted by Crippen LogP contribution is -2.45. The summed E-state index contributed by atoms with van der Waals surface area (Å²) in [6.45, 7) is 1.97. The fraction of sp³-hybridized carbons (Fsp3) is 0.375. The van der Waals surface area contributed by atoms with Crippen molar-refractivity contribution in [3.63, 3.8) is 0 Å². The van der Waals surface area contributed by atoms with E-state index in [-0.39, 0.29) is 23.7 Å². The first-order valence-electron chi connectivity index (χ1n) is 10.3. The van der Waals surface area contributed by atoms with Crippen molar-refractivity contribution in [2.45, 2.75) is 44.1 Å². The Kier molecular flexibility index (Phi) is 4.09. The topological polar surface area (TPSA) is 74.7 Å². The van der Waals surface area contributed by atoms with Gasteiger partial charge >= 0.3 is 5.97 Å². The molecule has 2 bridgehead atoms. The van der Waals surface area contributed by atoms with E-state index in [1.54, 1.807) is 0 Å². The van der Waals surface area contributed by atoms with Gasteiger partial charge in [0.05, 0.1) is 11.8 Å². The molecule has 0 radical (unpaired) electrons. The third kappa shape index (κ3) is 2.36. The molecule has 0 spiro atoms. The zero-order valence-electron chi connectivity index (χ0n) is 16.2. The number of carboxylic acids is 1. The Morgan fingerprint density at radius 3 is 1.66 bits per heavy atom. The molecule has 3 atom stereocenters. The minimum atomic E-state index is -1.10. The molecule has 1 fully saturated rings. The number of hydrogen-bond acceptors (Lipinski definition) is 3. The highest BCUT2D eigenvalue weighted by molar-refractivity contribution is 6.09. The number of likely N-dealkylation sites (tertiary alicyclic amines) is 1. The summed E-state index contributed by atoms with van der Waals surface area (Å²) in [5, 5.41) is 9.78. The number of carboxylic acid groups (broad SMARTS) is 1. The molecule has 1 N–H and O–H groups in total. The summed E-state index contributed by atoms with van der Waals surface area (Å²) in [4.78, 5) is 40.1. The zero-order chi connectivity index (χ0) is 20.3. The Bertz CT molecular complexity index is 914. The zero-order valence-corrected chi connectivity index (χ0v) is 16.2. The predicted octanol–water partition coefficient (Wildman–Crippen LogP) is 3.52. The molecule has 2 amide bonds. The van der Waals surface area contributed by atoms with Gasteiger partial charge in [-0.15, -0.1) is 0 Å². The van der Waals surface area contributed by atoms with Crippen LogP contribution in [0.3, 0.4) is 0 Å². The molecule has 4 aliphatic rings. The van der Waals surface area contributed by atoms with Crippen molar-refractivity contribution >= 4 is 17.8 Å². The van der Waals surface area contributed by atoms with E-state index in [1.165, 1.54) is 0 Å². The fourth-order valence-corrected chi connectivity index (χ4v) is 5.77. The molecule has 29 heavy (non-hydrogen) atoms. The molecule has 1 aliphatic heterocycles. The van der Waals surface area contributed by atoms with E-state index < -0.39 is 23.8 Å². The molecule has 2 aromatic carbocycles. The maximum Gasteiger partial charge on any atom is 0.326 e. The summed E-state index contributed by atoms with van der Waals surface area (Å²) in [6.07, 6.45) is 1.78. The Balaban J connectivity index is 1.65. The van der Waals surface area contributed by atoms with Crippen molar-refractivity contribution in [1.82, 2.24) is 4.90 Å². The lowest BCUT2D eigenvalue weighted by molar-refractivity contribution is -0.155. The fourth-order valence-electron chi connectivity index (χ4n) is 5.77. The number of hydrogen-bond donors (Lipinski definition) is 1. The van der Waals surface area contributed by atoms with E-state index in [0.29, 0.717) is 12.8 Å². The second kappa shape index (κ2) is 6.55. The first kappa shape index (κ1) is 18.1. The Hall–Kier alpha value is -2.95. The minimum Gasteiger partial charge on any atom is -0.480 e. The van der Waals surface area contributed by atoms with Gasteiger partial charge in [0.25, 0.3) is 0 Å². The summed E-state index contributed by atoms with van der Waals surface area (Å²) in [6, 6.07) is 15.0. The Labute approximate surface area is 169 Å². The van der Waals surface area contributed by atoms with Gasteiger partial charge in [-0.1, -0.05) is 68.3 Å². The lowest BCUT2D eigenvalue weighted by Gasteiger charge is -2.45. The average molecular weight is 389 g/mol. The molecule has 3 aliphatic carbocycles. The molecule has 1 saturated heterocycles. The van der Waals surface area contributed by atoms with Crippen molar-refractivity contribution in [3.05, 3.63) is 70.8 Å². The van der Waals surface area contributed by atoms with Crippen LogP contribution in [0, 0.1) is 11.8 Å². The van der Waals surface area contributed by atoms with Gasteiger partial charge in [-0.25, -0.2) is 4.79 Å². The summed E-state index contributed by atoms with van der Waals surface area (Å²) >= 11 is 0. The quantitative estimate of drug-likeness (QED) is 0.794. The van der Waals surface area contributed by atoms with E-state index in [4.69, 9.17) is 0 Å². The Morgan fingerprint density at radius 1 is 0.897 bits per heavy atom. The van der Waals surface area contributed by atoms with E-state index >= 15 is 0 Å². The molecule has 5 heteroatoms. The molecule has 6 rings (SSSR count). The van der Waals surface area contributed by atoms with Crippen LogP contribution in [-0.4, -0.2) is 33.8 Å².